The molecule has 5 nitrogen and oxygen atoms in total. The maximum absolute atomic E-state index is 12.9. The van der Waals surface area contributed by atoms with Gasteiger partial charge in [-0.1, -0.05) is 29.3 Å². The molecule has 0 aromatic heterocycles. The number of rotatable bonds is 5. The molecular formula is C20H19BrCl2N2O3. The third-order valence-electron chi connectivity index (χ3n) is 4.61. The lowest BCUT2D eigenvalue weighted by molar-refractivity contribution is -0.125. The Bertz CT molecular complexity index is 887. The molecule has 1 heterocycles. The third-order valence-corrected chi connectivity index (χ3v) is 5.66. The van der Waals surface area contributed by atoms with Crippen molar-refractivity contribution in [2.75, 3.05) is 13.7 Å². The van der Waals surface area contributed by atoms with Crippen molar-refractivity contribution in [2.45, 2.75) is 25.4 Å². The molecule has 1 saturated heterocycles. The average Bonchev–Trinajstić information content (AvgIpc) is 3.14. The summed E-state index contributed by atoms with van der Waals surface area (Å²) in [7, 11) is 1.60. The summed E-state index contributed by atoms with van der Waals surface area (Å²) < 4.78 is 6.03. The van der Waals surface area contributed by atoms with Gasteiger partial charge in [-0.15, -0.1) is 0 Å². The first-order valence-corrected chi connectivity index (χ1v) is 10.3. The van der Waals surface area contributed by atoms with Crippen LogP contribution in [0, 0.1) is 0 Å². The number of hydrogen-bond acceptors (Lipinski definition) is 3. The van der Waals surface area contributed by atoms with E-state index in [0.717, 1.165) is 22.2 Å². The minimum atomic E-state index is -0.507. The Balaban J connectivity index is 1.67. The van der Waals surface area contributed by atoms with Crippen molar-refractivity contribution in [3.8, 4) is 5.75 Å². The molecule has 0 saturated carbocycles. The fourth-order valence-electron chi connectivity index (χ4n) is 3.25. The molecule has 1 aliphatic rings. The number of ether oxygens (including phenoxy) is 1. The molecule has 1 unspecified atom stereocenters. The monoisotopic (exact) mass is 484 g/mol. The standard InChI is InChI=1S/C20H19BrCl2N2O3/c1-28-18-5-4-12(7-16(18)21)11-24-19(26)17-3-2-6-25(17)20(27)13-8-14(22)10-15(23)9-13/h4-5,7-10,17H,2-3,6,11H2,1H3,(H,24,26). The van der Waals surface area contributed by atoms with Crippen molar-refractivity contribution >= 4 is 50.9 Å². The maximum Gasteiger partial charge on any atom is 0.254 e. The smallest absolute Gasteiger partial charge is 0.254 e. The number of amides is 2. The number of nitrogens with one attached hydrogen (secondary N) is 1. The van der Waals surface area contributed by atoms with Gasteiger partial charge in [0.2, 0.25) is 5.91 Å². The average molecular weight is 486 g/mol. The minimum Gasteiger partial charge on any atom is -0.496 e. The van der Waals surface area contributed by atoms with Gasteiger partial charge in [0.1, 0.15) is 11.8 Å². The normalized spacial score (nSPS) is 16.1. The molecule has 1 N–H and O–H groups in total. The Morgan fingerprint density at radius 3 is 2.57 bits per heavy atom. The number of hydrogen-bond donors (Lipinski definition) is 1. The van der Waals surface area contributed by atoms with E-state index < -0.39 is 6.04 Å². The van der Waals surface area contributed by atoms with Crippen molar-refractivity contribution in [2.24, 2.45) is 0 Å². The second kappa shape index (κ2) is 9.16. The van der Waals surface area contributed by atoms with E-state index in [1.54, 1.807) is 30.2 Å². The van der Waals surface area contributed by atoms with Crippen molar-refractivity contribution < 1.29 is 14.3 Å². The quantitative estimate of drug-likeness (QED) is 0.668. The number of halogens is 3. The van der Waals surface area contributed by atoms with E-state index in [1.165, 1.54) is 0 Å². The lowest BCUT2D eigenvalue weighted by Crippen LogP contribution is -2.45. The summed E-state index contributed by atoms with van der Waals surface area (Å²) in [5, 5.41) is 3.70. The van der Waals surface area contributed by atoms with Gasteiger partial charge in [-0.3, -0.25) is 9.59 Å². The van der Waals surface area contributed by atoms with E-state index in [2.05, 4.69) is 21.2 Å². The molecule has 2 amide bonds. The van der Waals surface area contributed by atoms with Crippen LogP contribution in [0.5, 0.6) is 5.75 Å². The number of benzene rings is 2. The van der Waals surface area contributed by atoms with Crippen molar-refractivity contribution in [1.29, 1.82) is 0 Å². The Morgan fingerprint density at radius 1 is 1.21 bits per heavy atom. The summed E-state index contributed by atoms with van der Waals surface area (Å²) in [6.07, 6.45) is 1.39. The molecule has 2 aromatic carbocycles. The molecule has 0 aliphatic carbocycles. The summed E-state index contributed by atoms with van der Waals surface area (Å²) in [5.41, 5.74) is 1.31. The zero-order chi connectivity index (χ0) is 20.3. The van der Waals surface area contributed by atoms with E-state index in [9.17, 15) is 9.59 Å². The second-order valence-corrected chi connectivity index (χ2v) is 8.23. The van der Waals surface area contributed by atoms with E-state index in [-0.39, 0.29) is 11.8 Å². The Hall–Kier alpha value is -1.76. The van der Waals surface area contributed by atoms with Crippen LogP contribution in [-0.2, 0) is 11.3 Å². The van der Waals surface area contributed by atoms with Crippen LogP contribution in [0.1, 0.15) is 28.8 Å². The van der Waals surface area contributed by atoms with Crippen LogP contribution in [0.25, 0.3) is 0 Å². The fourth-order valence-corrected chi connectivity index (χ4v) is 4.37. The lowest BCUT2D eigenvalue weighted by atomic mass is 10.1. The van der Waals surface area contributed by atoms with Crippen LogP contribution >= 0.6 is 39.1 Å². The summed E-state index contributed by atoms with van der Waals surface area (Å²) >= 11 is 15.4. The summed E-state index contributed by atoms with van der Waals surface area (Å²) in [6, 6.07) is 9.81. The lowest BCUT2D eigenvalue weighted by Gasteiger charge is -2.24. The molecule has 0 bridgehead atoms. The molecule has 1 aliphatic heterocycles. The SMILES string of the molecule is COc1ccc(CNC(=O)C2CCCN2C(=O)c2cc(Cl)cc(Cl)c2)cc1Br. The van der Waals surface area contributed by atoms with Gasteiger partial charge in [0, 0.05) is 28.7 Å². The van der Waals surface area contributed by atoms with E-state index in [4.69, 9.17) is 27.9 Å². The van der Waals surface area contributed by atoms with Gasteiger partial charge in [0.15, 0.2) is 0 Å². The highest BCUT2D eigenvalue weighted by Crippen LogP contribution is 2.26. The van der Waals surface area contributed by atoms with Crippen LogP contribution in [0.15, 0.2) is 40.9 Å². The highest BCUT2D eigenvalue weighted by Gasteiger charge is 2.34. The molecule has 148 valence electrons. The van der Waals surface area contributed by atoms with Crippen LogP contribution in [0.2, 0.25) is 10.0 Å². The van der Waals surface area contributed by atoms with Gasteiger partial charge in [-0.25, -0.2) is 0 Å². The van der Waals surface area contributed by atoms with Gasteiger partial charge in [-0.2, -0.15) is 0 Å². The molecule has 0 radical (unpaired) electrons. The fraction of sp³-hybridized carbons (Fsp3) is 0.300. The first kappa shape index (κ1) is 21.0. The molecule has 28 heavy (non-hydrogen) atoms. The number of methoxy groups -OCH3 is 1. The first-order chi connectivity index (χ1) is 13.4. The van der Waals surface area contributed by atoms with E-state index >= 15 is 0 Å². The third kappa shape index (κ3) is 4.80. The second-order valence-electron chi connectivity index (χ2n) is 6.50. The predicted molar refractivity (Wildman–Crippen MR) is 113 cm³/mol. The Kier molecular flexibility index (Phi) is 6.86. The zero-order valence-electron chi connectivity index (χ0n) is 15.2. The van der Waals surface area contributed by atoms with E-state index in [0.29, 0.717) is 35.1 Å². The van der Waals surface area contributed by atoms with Gasteiger partial charge in [0.05, 0.1) is 11.6 Å². The van der Waals surface area contributed by atoms with Crippen LogP contribution in [0.3, 0.4) is 0 Å². The van der Waals surface area contributed by atoms with Crippen molar-refractivity contribution in [3.05, 3.63) is 62.0 Å². The molecule has 0 spiro atoms. The summed E-state index contributed by atoms with van der Waals surface area (Å²) in [4.78, 5) is 27.2. The molecule has 3 rings (SSSR count). The number of carbonyl (C=O) groups excluding carboxylic acids is 2. The molecule has 1 fully saturated rings. The van der Waals surface area contributed by atoms with Gasteiger partial charge in [-0.05, 0) is 64.7 Å². The zero-order valence-corrected chi connectivity index (χ0v) is 18.3. The Labute approximate surface area is 182 Å². The van der Waals surface area contributed by atoms with Crippen molar-refractivity contribution in [3.63, 3.8) is 0 Å². The predicted octanol–water partition coefficient (Wildman–Crippen LogP) is 4.69. The Morgan fingerprint density at radius 2 is 1.93 bits per heavy atom. The molecule has 1 atom stereocenters. The molecule has 8 heteroatoms. The van der Waals surface area contributed by atoms with Crippen LogP contribution in [0.4, 0.5) is 0 Å². The first-order valence-electron chi connectivity index (χ1n) is 8.76. The molecule has 2 aromatic rings. The van der Waals surface area contributed by atoms with Crippen LogP contribution in [-0.4, -0.2) is 36.4 Å². The van der Waals surface area contributed by atoms with E-state index in [1.807, 2.05) is 18.2 Å². The number of nitrogens with zero attached hydrogens (tertiary/aromatic N) is 1. The van der Waals surface area contributed by atoms with Crippen LogP contribution < -0.4 is 10.1 Å². The largest absolute Gasteiger partial charge is 0.496 e. The topological polar surface area (TPSA) is 58.6 Å². The number of likely N-dealkylation sites (tertiary alicyclic amines) is 1. The van der Waals surface area contributed by atoms with Crippen molar-refractivity contribution in [1.82, 2.24) is 10.2 Å². The number of carbonyl (C=O) groups is 2. The maximum atomic E-state index is 12.9. The minimum absolute atomic E-state index is 0.175. The van der Waals surface area contributed by atoms with Gasteiger partial charge < -0.3 is 15.0 Å². The summed E-state index contributed by atoms with van der Waals surface area (Å²) in [6.45, 7) is 0.887. The highest BCUT2D eigenvalue weighted by molar-refractivity contribution is 9.10. The highest BCUT2D eigenvalue weighted by atomic mass is 79.9. The molecular weight excluding hydrogens is 467 g/mol. The summed E-state index contributed by atoms with van der Waals surface area (Å²) in [5.74, 6) is 0.308. The van der Waals surface area contributed by atoms with Gasteiger partial charge >= 0.3 is 0 Å². The van der Waals surface area contributed by atoms with Gasteiger partial charge in [0.25, 0.3) is 5.91 Å².